The number of hydrogen-bond acceptors (Lipinski definition) is 3. The molecule has 1 saturated heterocycles. The fourth-order valence-electron chi connectivity index (χ4n) is 2.96. The van der Waals surface area contributed by atoms with Crippen molar-refractivity contribution < 1.29 is 5.11 Å². The van der Waals surface area contributed by atoms with Crippen molar-refractivity contribution in [1.82, 2.24) is 14.7 Å². The summed E-state index contributed by atoms with van der Waals surface area (Å²) in [5.41, 5.74) is 2.64. The molecule has 20 heavy (non-hydrogen) atoms. The van der Waals surface area contributed by atoms with Gasteiger partial charge in [0, 0.05) is 25.0 Å². The van der Waals surface area contributed by atoms with Gasteiger partial charge in [0.05, 0.1) is 13.2 Å². The highest BCUT2D eigenvalue weighted by atomic mass is 16.3. The Morgan fingerprint density at radius 3 is 2.65 bits per heavy atom. The van der Waals surface area contributed by atoms with E-state index < -0.39 is 0 Å². The predicted molar refractivity (Wildman–Crippen MR) is 78.3 cm³/mol. The van der Waals surface area contributed by atoms with Crippen LogP contribution in [0.4, 0.5) is 0 Å². The second-order valence-corrected chi connectivity index (χ2v) is 5.42. The molecule has 1 atom stereocenters. The van der Waals surface area contributed by atoms with Crippen LogP contribution in [0.5, 0.6) is 0 Å². The Balaban J connectivity index is 1.75. The van der Waals surface area contributed by atoms with Gasteiger partial charge in [0.2, 0.25) is 0 Å². The molecule has 1 aliphatic rings. The topological polar surface area (TPSA) is 41.3 Å². The summed E-state index contributed by atoms with van der Waals surface area (Å²) < 4.78 is 1.95. The molecule has 1 N–H and O–H groups in total. The van der Waals surface area contributed by atoms with Gasteiger partial charge in [0.15, 0.2) is 0 Å². The second-order valence-electron chi connectivity index (χ2n) is 5.42. The Kier molecular flexibility index (Phi) is 4.14. The molecule has 0 aliphatic carbocycles. The maximum absolute atomic E-state index is 9.44. The van der Waals surface area contributed by atoms with Crippen LogP contribution < -0.4 is 0 Å². The molecular weight excluding hydrogens is 250 g/mol. The van der Waals surface area contributed by atoms with Gasteiger partial charge in [-0.2, -0.15) is 5.10 Å². The number of aliphatic hydroxyl groups excluding tert-OH is 1. The average Bonchev–Trinajstić information content (AvgIpc) is 3.12. The van der Waals surface area contributed by atoms with Crippen molar-refractivity contribution in [3.8, 4) is 0 Å². The number of rotatable bonds is 5. The largest absolute Gasteiger partial charge is 0.395 e. The summed E-state index contributed by atoms with van der Waals surface area (Å²) in [6.45, 7) is 3.08. The molecule has 0 amide bonds. The van der Waals surface area contributed by atoms with E-state index in [1.807, 2.05) is 23.1 Å². The van der Waals surface area contributed by atoms with Gasteiger partial charge in [-0.15, -0.1) is 0 Å². The Labute approximate surface area is 119 Å². The summed E-state index contributed by atoms with van der Waals surface area (Å²) >= 11 is 0. The average molecular weight is 271 g/mol. The maximum atomic E-state index is 9.44. The number of hydrogen-bond donors (Lipinski definition) is 1. The first kappa shape index (κ1) is 13.3. The van der Waals surface area contributed by atoms with Crippen molar-refractivity contribution in [2.24, 2.45) is 0 Å². The molecule has 1 unspecified atom stereocenters. The first-order valence-electron chi connectivity index (χ1n) is 7.26. The number of aromatic nitrogens is 2. The molecule has 1 aliphatic heterocycles. The Morgan fingerprint density at radius 1 is 1.15 bits per heavy atom. The molecule has 4 nitrogen and oxygen atoms in total. The van der Waals surface area contributed by atoms with Gasteiger partial charge in [-0.25, -0.2) is 0 Å². The minimum Gasteiger partial charge on any atom is -0.395 e. The molecule has 1 aromatic carbocycles. The third kappa shape index (κ3) is 2.92. The van der Waals surface area contributed by atoms with Crippen molar-refractivity contribution >= 4 is 0 Å². The van der Waals surface area contributed by atoms with Crippen LogP contribution >= 0.6 is 0 Å². The lowest BCUT2D eigenvalue weighted by Gasteiger charge is -2.24. The fraction of sp³-hybridized carbons (Fsp3) is 0.438. The van der Waals surface area contributed by atoms with Gasteiger partial charge >= 0.3 is 0 Å². The standard InChI is InChI=1S/C16H21N3O/c20-13-16-7-3-9-18(16)11-14-5-1-2-6-15(14)12-19-10-4-8-17-19/h1-2,4-6,8,10,16,20H,3,7,9,11-13H2. The predicted octanol–water partition coefficient (Wildman–Crippen LogP) is 1.89. The van der Waals surface area contributed by atoms with Crippen LogP contribution in [0.25, 0.3) is 0 Å². The van der Waals surface area contributed by atoms with Crippen LogP contribution in [0, 0.1) is 0 Å². The van der Waals surface area contributed by atoms with E-state index >= 15 is 0 Å². The lowest BCUT2D eigenvalue weighted by atomic mass is 10.1. The Morgan fingerprint density at radius 2 is 1.95 bits per heavy atom. The van der Waals surface area contributed by atoms with E-state index in [4.69, 9.17) is 0 Å². The number of nitrogens with zero attached hydrogens (tertiary/aromatic N) is 3. The van der Waals surface area contributed by atoms with Gasteiger partial charge in [-0.05, 0) is 36.6 Å². The van der Waals surface area contributed by atoms with E-state index in [0.29, 0.717) is 6.04 Å². The SMILES string of the molecule is OCC1CCCN1Cc1ccccc1Cn1cccn1. The molecule has 0 spiro atoms. The molecule has 3 rings (SSSR count). The van der Waals surface area contributed by atoms with Crippen LogP contribution in [0.1, 0.15) is 24.0 Å². The van der Waals surface area contributed by atoms with Crippen LogP contribution in [-0.2, 0) is 13.1 Å². The molecular formula is C16H21N3O. The van der Waals surface area contributed by atoms with E-state index in [2.05, 4.69) is 34.3 Å². The van der Waals surface area contributed by atoms with Gasteiger partial charge < -0.3 is 5.11 Å². The quantitative estimate of drug-likeness (QED) is 0.903. The summed E-state index contributed by atoms with van der Waals surface area (Å²) in [5.74, 6) is 0. The minimum absolute atomic E-state index is 0.265. The molecule has 0 saturated carbocycles. The minimum atomic E-state index is 0.265. The zero-order chi connectivity index (χ0) is 13.8. The monoisotopic (exact) mass is 271 g/mol. The van der Waals surface area contributed by atoms with Crippen molar-refractivity contribution in [1.29, 1.82) is 0 Å². The van der Waals surface area contributed by atoms with Gasteiger partial charge in [-0.3, -0.25) is 9.58 Å². The van der Waals surface area contributed by atoms with E-state index in [0.717, 1.165) is 26.1 Å². The Bertz CT molecular complexity index is 538. The maximum Gasteiger partial charge on any atom is 0.0662 e. The van der Waals surface area contributed by atoms with Gasteiger partial charge in [0.25, 0.3) is 0 Å². The lowest BCUT2D eigenvalue weighted by molar-refractivity contribution is 0.153. The van der Waals surface area contributed by atoms with Gasteiger partial charge in [0.1, 0.15) is 0 Å². The van der Waals surface area contributed by atoms with Crippen LogP contribution in [0.15, 0.2) is 42.7 Å². The van der Waals surface area contributed by atoms with E-state index in [9.17, 15) is 5.11 Å². The third-order valence-corrected chi connectivity index (χ3v) is 4.09. The van der Waals surface area contributed by atoms with Crippen LogP contribution in [0.3, 0.4) is 0 Å². The van der Waals surface area contributed by atoms with Crippen molar-refractivity contribution in [2.75, 3.05) is 13.2 Å². The molecule has 1 aromatic heterocycles. The molecule has 1 fully saturated rings. The zero-order valence-corrected chi connectivity index (χ0v) is 11.7. The normalized spacial score (nSPS) is 19.6. The number of likely N-dealkylation sites (tertiary alicyclic amines) is 1. The summed E-state index contributed by atoms with van der Waals surface area (Å²) in [5, 5.41) is 13.7. The van der Waals surface area contributed by atoms with E-state index in [1.54, 1.807) is 0 Å². The molecule has 0 radical (unpaired) electrons. The smallest absolute Gasteiger partial charge is 0.0662 e. The van der Waals surface area contributed by atoms with E-state index in [1.165, 1.54) is 17.5 Å². The van der Waals surface area contributed by atoms with Crippen LogP contribution in [-0.4, -0.2) is 39.0 Å². The number of aliphatic hydroxyl groups is 1. The molecule has 0 bridgehead atoms. The number of benzene rings is 1. The van der Waals surface area contributed by atoms with E-state index in [-0.39, 0.29) is 6.61 Å². The zero-order valence-electron chi connectivity index (χ0n) is 11.7. The summed E-state index contributed by atoms with van der Waals surface area (Å²) in [6.07, 6.45) is 6.10. The highest BCUT2D eigenvalue weighted by Gasteiger charge is 2.24. The summed E-state index contributed by atoms with van der Waals surface area (Å²) in [7, 11) is 0. The van der Waals surface area contributed by atoms with Gasteiger partial charge in [-0.1, -0.05) is 24.3 Å². The van der Waals surface area contributed by atoms with Crippen molar-refractivity contribution in [3.63, 3.8) is 0 Å². The Hall–Kier alpha value is -1.65. The van der Waals surface area contributed by atoms with Crippen LogP contribution in [0.2, 0.25) is 0 Å². The molecule has 2 heterocycles. The summed E-state index contributed by atoms with van der Waals surface area (Å²) in [6, 6.07) is 10.8. The first-order chi connectivity index (χ1) is 9.86. The molecule has 2 aromatic rings. The van der Waals surface area contributed by atoms with Crippen molar-refractivity contribution in [2.45, 2.75) is 32.0 Å². The lowest BCUT2D eigenvalue weighted by Crippen LogP contribution is -2.32. The third-order valence-electron chi connectivity index (χ3n) is 4.09. The fourth-order valence-corrected chi connectivity index (χ4v) is 2.96. The second kappa shape index (κ2) is 6.20. The highest BCUT2D eigenvalue weighted by Crippen LogP contribution is 2.21. The summed E-state index contributed by atoms with van der Waals surface area (Å²) in [4.78, 5) is 2.39. The molecule has 4 heteroatoms. The molecule has 106 valence electrons. The van der Waals surface area contributed by atoms with Crippen molar-refractivity contribution in [3.05, 3.63) is 53.9 Å². The highest BCUT2D eigenvalue weighted by molar-refractivity contribution is 5.27. The first-order valence-corrected chi connectivity index (χ1v) is 7.26.